The Kier molecular flexibility index (Phi) is 8.20. The van der Waals surface area contributed by atoms with Gasteiger partial charge in [-0.15, -0.1) is 0 Å². The molecule has 1 saturated carbocycles. The average Bonchev–Trinajstić information content (AvgIpc) is 3.17. The third kappa shape index (κ3) is 6.77. The van der Waals surface area contributed by atoms with E-state index in [9.17, 15) is 9.59 Å². The summed E-state index contributed by atoms with van der Waals surface area (Å²) in [6, 6.07) is 7.66. The Morgan fingerprint density at radius 2 is 1.89 bits per heavy atom. The molecule has 0 aromatic heterocycles. The second kappa shape index (κ2) is 10.4. The number of hydroxylamine groups is 1. The molecule has 28 heavy (non-hydrogen) atoms. The van der Waals surface area contributed by atoms with Gasteiger partial charge in [-0.3, -0.25) is 20.1 Å². The van der Waals surface area contributed by atoms with Gasteiger partial charge in [0.2, 0.25) is 0 Å². The predicted molar refractivity (Wildman–Crippen MR) is 108 cm³/mol. The van der Waals surface area contributed by atoms with Crippen molar-refractivity contribution in [2.45, 2.75) is 71.1 Å². The van der Waals surface area contributed by atoms with Crippen molar-refractivity contribution in [3.8, 4) is 0 Å². The van der Waals surface area contributed by atoms with E-state index in [-0.39, 0.29) is 12.1 Å². The molecule has 2 rings (SSSR count). The zero-order valence-electron chi connectivity index (χ0n) is 17.0. The smallest absolute Gasteiger partial charge is 0.326 e. The summed E-state index contributed by atoms with van der Waals surface area (Å²) in [7, 11) is 0. The van der Waals surface area contributed by atoms with Crippen LogP contribution in [0.5, 0.6) is 0 Å². The van der Waals surface area contributed by atoms with Crippen molar-refractivity contribution in [3.05, 3.63) is 41.5 Å². The number of nitrogens with one attached hydrogen (secondary N) is 2. The summed E-state index contributed by atoms with van der Waals surface area (Å²) < 4.78 is 5.78. The second-order valence-corrected chi connectivity index (χ2v) is 8.15. The lowest BCUT2D eigenvalue weighted by atomic mass is 9.90. The van der Waals surface area contributed by atoms with E-state index in [2.05, 4.69) is 19.2 Å². The Morgan fingerprint density at radius 3 is 2.46 bits per heavy atom. The van der Waals surface area contributed by atoms with Crippen molar-refractivity contribution >= 4 is 18.0 Å². The fraction of sp³-hybridized carbons (Fsp3) is 0.545. The van der Waals surface area contributed by atoms with Gasteiger partial charge in [0.15, 0.2) is 0 Å². The number of benzene rings is 1. The van der Waals surface area contributed by atoms with E-state index < -0.39 is 11.4 Å². The molecule has 1 atom stereocenters. The number of esters is 1. The molecule has 1 aliphatic rings. The first-order valence-corrected chi connectivity index (χ1v) is 9.99. The van der Waals surface area contributed by atoms with Crippen LogP contribution in [-0.4, -0.2) is 28.7 Å². The van der Waals surface area contributed by atoms with E-state index in [0.29, 0.717) is 18.9 Å². The van der Waals surface area contributed by atoms with Gasteiger partial charge in [-0.05, 0) is 62.1 Å². The van der Waals surface area contributed by atoms with Crippen LogP contribution in [0.4, 0.5) is 0 Å². The van der Waals surface area contributed by atoms with Gasteiger partial charge in [0, 0.05) is 12.6 Å². The molecule has 1 amide bonds. The molecule has 0 aliphatic heterocycles. The first-order chi connectivity index (χ1) is 13.3. The summed E-state index contributed by atoms with van der Waals surface area (Å²) >= 11 is 0. The standard InChI is InChI=1S/C22H32N2O4/c1-16(2)14-22(3,21(26)28-19-6-4-5-7-19)23-15-18-10-8-17(9-11-18)12-13-20(25)24-27/h8-13,16,19,23,27H,4-7,14-15H2,1-3H3,(H,24,25)/b13-12+. The van der Waals surface area contributed by atoms with Gasteiger partial charge in [-0.25, -0.2) is 5.48 Å². The van der Waals surface area contributed by atoms with Crippen LogP contribution < -0.4 is 10.8 Å². The number of carbonyl (C=O) groups is 2. The summed E-state index contributed by atoms with van der Waals surface area (Å²) in [5, 5.41) is 11.9. The Hall–Kier alpha value is -2.18. The Bertz CT molecular complexity index is 678. The van der Waals surface area contributed by atoms with Crippen LogP contribution in [0, 0.1) is 5.92 Å². The van der Waals surface area contributed by atoms with Crippen LogP contribution in [0.15, 0.2) is 30.3 Å². The van der Waals surface area contributed by atoms with E-state index in [1.54, 1.807) is 11.6 Å². The molecule has 1 unspecified atom stereocenters. The normalized spacial score (nSPS) is 17.0. The maximum atomic E-state index is 12.9. The van der Waals surface area contributed by atoms with E-state index in [1.165, 1.54) is 6.08 Å². The number of amides is 1. The van der Waals surface area contributed by atoms with Crippen molar-refractivity contribution in [2.75, 3.05) is 0 Å². The van der Waals surface area contributed by atoms with Crippen molar-refractivity contribution in [1.29, 1.82) is 0 Å². The van der Waals surface area contributed by atoms with Gasteiger partial charge in [0.1, 0.15) is 11.6 Å². The minimum atomic E-state index is -0.728. The number of hydrogen-bond donors (Lipinski definition) is 3. The molecule has 1 aliphatic carbocycles. The molecule has 3 N–H and O–H groups in total. The quantitative estimate of drug-likeness (QED) is 0.260. The third-order valence-corrected chi connectivity index (χ3v) is 5.04. The zero-order valence-corrected chi connectivity index (χ0v) is 17.0. The molecular formula is C22H32N2O4. The van der Waals surface area contributed by atoms with Gasteiger partial charge in [-0.2, -0.15) is 0 Å². The molecule has 0 heterocycles. The van der Waals surface area contributed by atoms with Gasteiger partial charge in [0.25, 0.3) is 5.91 Å². The van der Waals surface area contributed by atoms with Crippen molar-refractivity contribution in [1.82, 2.24) is 10.8 Å². The minimum absolute atomic E-state index is 0.0583. The van der Waals surface area contributed by atoms with E-state index in [0.717, 1.165) is 36.8 Å². The number of carbonyl (C=O) groups excluding carboxylic acids is 2. The third-order valence-electron chi connectivity index (χ3n) is 5.04. The fourth-order valence-corrected chi connectivity index (χ4v) is 3.58. The summed E-state index contributed by atoms with van der Waals surface area (Å²) in [6.07, 6.45) is 7.83. The van der Waals surface area contributed by atoms with Crippen LogP contribution in [0.2, 0.25) is 0 Å². The molecule has 0 bridgehead atoms. The average molecular weight is 389 g/mol. The summed E-state index contributed by atoms with van der Waals surface area (Å²) in [6.45, 7) is 6.68. The monoisotopic (exact) mass is 388 g/mol. The van der Waals surface area contributed by atoms with Gasteiger partial charge in [0.05, 0.1) is 0 Å². The molecule has 0 saturated heterocycles. The molecular weight excluding hydrogens is 356 g/mol. The highest BCUT2D eigenvalue weighted by Gasteiger charge is 2.37. The molecule has 6 nitrogen and oxygen atoms in total. The van der Waals surface area contributed by atoms with Crippen LogP contribution in [0.25, 0.3) is 6.08 Å². The topological polar surface area (TPSA) is 87.7 Å². The van der Waals surface area contributed by atoms with Crippen molar-refractivity contribution in [3.63, 3.8) is 0 Å². The lowest BCUT2D eigenvalue weighted by molar-refractivity contribution is -0.157. The van der Waals surface area contributed by atoms with Gasteiger partial charge < -0.3 is 4.74 Å². The van der Waals surface area contributed by atoms with Crippen LogP contribution in [0.3, 0.4) is 0 Å². The van der Waals surface area contributed by atoms with Gasteiger partial charge >= 0.3 is 5.97 Å². The maximum absolute atomic E-state index is 12.9. The maximum Gasteiger partial charge on any atom is 0.326 e. The predicted octanol–water partition coefficient (Wildman–Crippen LogP) is 3.59. The van der Waals surface area contributed by atoms with E-state index >= 15 is 0 Å². The van der Waals surface area contributed by atoms with Crippen molar-refractivity contribution in [2.24, 2.45) is 5.92 Å². The van der Waals surface area contributed by atoms with Crippen molar-refractivity contribution < 1.29 is 19.5 Å². The summed E-state index contributed by atoms with van der Waals surface area (Å²) in [5.74, 6) is -0.377. The molecule has 1 aromatic carbocycles. The molecule has 0 radical (unpaired) electrons. The zero-order chi connectivity index (χ0) is 20.6. The van der Waals surface area contributed by atoms with Crippen LogP contribution in [-0.2, 0) is 20.9 Å². The Labute approximate surface area is 167 Å². The first-order valence-electron chi connectivity index (χ1n) is 9.99. The molecule has 6 heteroatoms. The number of hydrogen-bond acceptors (Lipinski definition) is 5. The molecule has 1 aromatic rings. The Balaban J connectivity index is 1.99. The minimum Gasteiger partial charge on any atom is -0.461 e. The molecule has 0 spiro atoms. The van der Waals surface area contributed by atoms with Crippen LogP contribution in [0.1, 0.15) is 64.0 Å². The largest absolute Gasteiger partial charge is 0.461 e. The highest BCUT2D eigenvalue weighted by Crippen LogP contribution is 2.25. The second-order valence-electron chi connectivity index (χ2n) is 8.15. The lowest BCUT2D eigenvalue weighted by Crippen LogP contribution is -2.51. The van der Waals surface area contributed by atoms with Crippen LogP contribution >= 0.6 is 0 Å². The molecule has 1 fully saturated rings. The highest BCUT2D eigenvalue weighted by atomic mass is 16.5. The Morgan fingerprint density at radius 1 is 1.25 bits per heavy atom. The lowest BCUT2D eigenvalue weighted by Gasteiger charge is -2.31. The van der Waals surface area contributed by atoms with E-state index in [4.69, 9.17) is 9.94 Å². The van der Waals surface area contributed by atoms with E-state index in [1.807, 2.05) is 31.2 Å². The summed E-state index contributed by atoms with van der Waals surface area (Å²) in [5.41, 5.74) is 2.71. The first kappa shape index (κ1) is 22.1. The number of ether oxygens (including phenoxy) is 1. The highest BCUT2D eigenvalue weighted by molar-refractivity contribution is 5.90. The number of rotatable bonds is 9. The fourth-order valence-electron chi connectivity index (χ4n) is 3.58. The SMILES string of the molecule is CC(C)CC(C)(NCc1ccc(/C=C/C(=O)NO)cc1)C(=O)OC1CCCC1. The molecule has 154 valence electrons. The summed E-state index contributed by atoms with van der Waals surface area (Å²) in [4.78, 5) is 23.9. The van der Waals surface area contributed by atoms with Gasteiger partial charge in [-0.1, -0.05) is 38.1 Å².